The summed E-state index contributed by atoms with van der Waals surface area (Å²) in [6, 6.07) is -1.15. The molecule has 0 unspecified atom stereocenters. The zero-order chi connectivity index (χ0) is 33.0. The number of hydrogen-bond donors (Lipinski definition) is 3. The molecular weight excluding hydrogens is 646 g/mol. The molecule has 1 aliphatic heterocycles. The summed E-state index contributed by atoms with van der Waals surface area (Å²) >= 11 is 7.12. The van der Waals surface area contributed by atoms with Crippen molar-refractivity contribution in [1.82, 2.24) is 24.6 Å². The zero-order valence-corrected chi connectivity index (χ0v) is 28.0. The van der Waals surface area contributed by atoms with Crippen LogP contribution in [0.1, 0.15) is 54.7 Å². The second-order valence-corrected chi connectivity index (χ2v) is 14.6. The fraction of sp³-hybridized carbons (Fsp3) is 0.720. The SMILES string of the molecule is CCOc1nc(N)nc2c1ncn2[C@@H]1O[C@H](CO[P@](=O)(N[C@@H](C)C(=O)OC(C)C)OCCSC(=O)C(C)(C)C)[C@@H](O)[C@]1(F)Cl. The lowest BCUT2D eigenvalue weighted by molar-refractivity contribution is -0.149. The molecular formula is C25H39ClFN6O9PS. The quantitative estimate of drug-likeness (QED) is 0.113. The maximum atomic E-state index is 15.8. The molecule has 1 saturated heterocycles. The van der Waals surface area contributed by atoms with Crippen LogP contribution in [0.2, 0.25) is 0 Å². The number of aromatic nitrogens is 4. The summed E-state index contributed by atoms with van der Waals surface area (Å²) in [5.41, 5.74) is 5.36. The Morgan fingerprint density at radius 3 is 2.61 bits per heavy atom. The Balaban J connectivity index is 1.78. The molecule has 0 aromatic carbocycles. The molecule has 0 spiro atoms. The van der Waals surface area contributed by atoms with E-state index in [0.717, 1.165) is 16.3 Å². The fourth-order valence-electron chi connectivity index (χ4n) is 3.84. The first-order valence-electron chi connectivity index (χ1n) is 13.8. The van der Waals surface area contributed by atoms with E-state index in [1.165, 1.54) is 13.3 Å². The van der Waals surface area contributed by atoms with Crippen molar-refractivity contribution in [1.29, 1.82) is 0 Å². The smallest absolute Gasteiger partial charge is 0.406 e. The van der Waals surface area contributed by atoms with Gasteiger partial charge in [-0.1, -0.05) is 44.1 Å². The number of nitrogen functional groups attached to an aromatic ring is 1. The molecule has 0 saturated carbocycles. The monoisotopic (exact) mass is 684 g/mol. The minimum atomic E-state index is -4.34. The highest BCUT2D eigenvalue weighted by Gasteiger charge is 2.58. The Kier molecular flexibility index (Phi) is 12.0. The molecule has 6 atom stereocenters. The van der Waals surface area contributed by atoms with Crippen LogP contribution < -0.4 is 15.6 Å². The Hall–Kier alpha value is -2.11. The highest BCUT2D eigenvalue weighted by atomic mass is 35.5. The number of halogens is 2. The molecule has 3 heterocycles. The topological polar surface area (TPSA) is 199 Å². The van der Waals surface area contributed by atoms with Gasteiger partial charge in [-0.2, -0.15) is 9.97 Å². The van der Waals surface area contributed by atoms with Gasteiger partial charge < -0.3 is 25.1 Å². The lowest BCUT2D eigenvalue weighted by Gasteiger charge is -2.25. The molecule has 3 rings (SSSR count). The molecule has 0 radical (unpaired) electrons. The molecule has 248 valence electrons. The second kappa shape index (κ2) is 14.5. The highest BCUT2D eigenvalue weighted by molar-refractivity contribution is 8.13. The summed E-state index contributed by atoms with van der Waals surface area (Å²) in [4.78, 5) is 36.9. The van der Waals surface area contributed by atoms with E-state index >= 15 is 4.39 Å². The van der Waals surface area contributed by atoms with Gasteiger partial charge in [-0.3, -0.25) is 23.2 Å². The number of alkyl halides is 2. The fourth-order valence-corrected chi connectivity index (χ4v) is 6.52. The Morgan fingerprint density at radius 2 is 2.00 bits per heavy atom. The van der Waals surface area contributed by atoms with Crippen LogP contribution in [0.4, 0.5) is 10.3 Å². The number of nitrogens with two attached hydrogens (primary N) is 1. The molecule has 19 heteroatoms. The number of fused-ring (bicyclic) bond motifs is 1. The third-order valence-corrected chi connectivity index (χ3v) is 9.35. The Morgan fingerprint density at radius 1 is 1.32 bits per heavy atom. The summed E-state index contributed by atoms with van der Waals surface area (Å²) in [6.45, 7) is 11.0. The number of carbonyl (C=O) groups is 2. The van der Waals surface area contributed by atoms with Crippen molar-refractivity contribution in [2.45, 2.75) is 84.2 Å². The Bertz CT molecular complexity index is 1380. The van der Waals surface area contributed by atoms with Crippen LogP contribution in [0.25, 0.3) is 11.2 Å². The summed E-state index contributed by atoms with van der Waals surface area (Å²) in [5, 5.41) is 10.2. The molecule has 2 aromatic heterocycles. The van der Waals surface area contributed by atoms with Gasteiger partial charge in [-0.15, -0.1) is 0 Å². The zero-order valence-electron chi connectivity index (χ0n) is 25.5. The van der Waals surface area contributed by atoms with E-state index in [1.54, 1.807) is 41.5 Å². The number of nitrogens with zero attached hydrogens (tertiary/aromatic N) is 4. The van der Waals surface area contributed by atoms with Gasteiger partial charge >= 0.3 is 13.7 Å². The van der Waals surface area contributed by atoms with E-state index in [2.05, 4.69) is 20.0 Å². The van der Waals surface area contributed by atoms with Gasteiger partial charge in [-0.25, -0.2) is 19.0 Å². The number of carbonyl (C=O) groups excluding carboxylic acids is 2. The number of rotatable bonds is 14. The van der Waals surface area contributed by atoms with Gasteiger partial charge in [-0.05, 0) is 27.7 Å². The first-order valence-corrected chi connectivity index (χ1v) is 16.7. The largest absolute Gasteiger partial charge is 0.476 e. The van der Waals surface area contributed by atoms with Gasteiger partial charge in [0.05, 0.1) is 32.3 Å². The third-order valence-electron chi connectivity index (χ3n) is 5.98. The number of aliphatic hydroxyl groups excluding tert-OH is 1. The average Bonchev–Trinajstić information content (AvgIpc) is 3.42. The van der Waals surface area contributed by atoms with Crippen LogP contribution in [-0.4, -0.2) is 90.8 Å². The number of aliphatic hydroxyl groups is 1. The van der Waals surface area contributed by atoms with E-state index in [0.29, 0.717) is 0 Å². The van der Waals surface area contributed by atoms with E-state index in [-0.39, 0.29) is 47.1 Å². The van der Waals surface area contributed by atoms with Gasteiger partial charge in [0.15, 0.2) is 22.5 Å². The van der Waals surface area contributed by atoms with Crippen molar-refractivity contribution in [2.75, 3.05) is 31.3 Å². The molecule has 15 nitrogen and oxygen atoms in total. The van der Waals surface area contributed by atoms with Crippen molar-refractivity contribution in [3.63, 3.8) is 0 Å². The van der Waals surface area contributed by atoms with Gasteiger partial charge in [0.25, 0.3) is 5.13 Å². The lowest BCUT2D eigenvalue weighted by Crippen LogP contribution is -2.39. The number of thioether (sulfide) groups is 1. The van der Waals surface area contributed by atoms with E-state index in [1.807, 2.05) is 0 Å². The summed E-state index contributed by atoms with van der Waals surface area (Å²) in [6.07, 6.45) is -4.42. The molecule has 44 heavy (non-hydrogen) atoms. The standard InChI is InChI=1S/C25H39ClFN6O9PS/c1-8-38-19-16-18(30-23(28)31-19)33(12-29-16)21-25(26,27)17(34)15(42-21)11-40-43(37,32-14(4)20(35)41-13(2)3)39-9-10-44-22(36)24(5,6)7/h12-15,17,21,34H,8-11H2,1-7H3,(H,32,37)(H2,28,30,31)/t14-,15+,17+,21+,25+,43-/m0/s1. The van der Waals surface area contributed by atoms with E-state index < -0.39 is 61.4 Å². The number of esters is 1. The molecule has 1 fully saturated rings. The predicted molar refractivity (Wildman–Crippen MR) is 161 cm³/mol. The number of hydrogen-bond acceptors (Lipinski definition) is 14. The second-order valence-electron chi connectivity index (χ2n) is 11.1. The van der Waals surface area contributed by atoms with Crippen molar-refractivity contribution in [3.05, 3.63) is 6.33 Å². The first-order chi connectivity index (χ1) is 20.4. The molecule has 0 bridgehead atoms. The van der Waals surface area contributed by atoms with Crippen LogP contribution in [-0.2, 0) is 32.7 Å². The first kappa shape index (κ1) is 36.4. The molecule has 4 N–H and O–H groups in total. The van der Waals surface area contributed by atoms with Gasteiger partial charge in [0.2, 0.25) is 11.8 Å². The van der Waals surface area contributed by atoms with Crippen LogP contribution >= 0.6 is 31.1 Å². The molecule has 0 amide bonds. The number of imidazole rings is 1. The van der Waals surface area contributed by atoms with Gasteiger partial charge in [0.1, 0.15) is 18.2 Å². The number of nitrogens with one attached hydrogen (secondary N) is 1. The van der Waals surface area contributed by atoms with Crippen molar-refractivity contribution in [3.8, 4) is 5.88 Å². The van der Waals surface area contributed by atoms with Crippen LogP contribution in [0.3, 0.4) is 0 Å². The third kappa shape index (κ3) is 8.78. The summed E-state index contributed by atoms with van der Waals surface area (Å²) in [5.74, 6) is -0.733. The minimum Gasteiger partial charge on any atom is -0.476 e. The lowest BCUT2D eigenvalue weighted by atomic mass is 10.00. The minimum absolute atomic E-state index is 0.0258. The summed E-state index contributed by atoms with van der Waals surface area (Å²) < 4.78 is 58.0. The highest BCUT2D eigenvalue weighted by Crippen LogP contribution is 2.49. The molecule has 0 aliphatic carbocycles. The van der Waals surface area contributed by atoms with Crippen molar-refractivity contribution in [2.24, 2.45) is 5.41 Å². The number of anilines is 1. The Labute approximate surface area is 263 Å². The average molecular weight is 685 g/mol. The maximum Gasteiger partial charge on any atom is 0.406 e. The molecule has 1 aliphatic rings. The predicted octanol–water partition coefficient (Wildman–Crippen LogP) is 3.35. The van der Waals surface area contributed by atoms with Gasteiger partial charge in [0, 0.05) is 11.2 Å². The van der Waals surface area contributed by atoms with Crippen molar-refractivity contribution >= 4 is 59.3 Å². The van der Waals surface area contributed by atoms with Crippen LogP contribution in [0.15, 0.2) is 6.33 Å². The molecule has 2 aromatic rings. The van der Waals surface area contributed by atoms with E-state index in [9.17, 15) is 19.3 Å². The normalized spacial score (nSPS) is 24.4. The summed E-state index contributed by atoms with van der Waals surface area (Å²) in [7, 11) is -4.34. The number of ether oxygens (including phenoxy) is 3. The van der Waals surface area contributed by atoms with Crippen molar-refractivity contribution < 1.29 is 46.9 Å². The van der Waals surface area contributed by atoms with E-state index in [4.69, 9.17) is 40.6 Å². The maximum absolute atomic E-state index is 15.8. The van der Waals surface area contributed by atoms with Crippen LogP contribution in [0, 0.1) is 5.41 Å². The van der Waals surface area contributed by atoms with Crippen LogP contribution in [0.5, 0.6) is 5.88 Å².